The number of nitrogens with two attached hydrogens (primary N) is 1. The maximum absolute atomic E-state index is 6.48. The van der Waals surface area contributed by atoms with E-state index in [2.05, 4.69) is 31.4 Å². The molecule has 0 aliphatic heterocycles. The largest absolute Gasteiger partial charge is 0.325 e. The van der Waals surface area contributed by atoms with Gasteiger partial charge in [0.05, 0.1) is 0 Å². The van der Waals surface area contributed by atoms with Gasteiger partial charge in [0.1, 0.15) is 0 Å². The first kappa shape index (κ1) is 11.2. The zero-order chi connectivity index (χ0) is 10.9. The number of rotatable bonds is 2. The second kappa shape index (κ2) is 3.91. The third-order valence-corrected chi connectivity index (χ3v) is 4.58. The van der Waals surface area contributed by atoms with Gasteiger partial charge in [0, 0.05) is 10.4 Å². The van der Waals surface area contributed by atoms with Crippen molar-refractivity contribution in [3.63, 3.8) is 0 Å². The Morgan fingerprint density at radius 3 is 2.47 bits per heavy atom. The summed E-state index contributed by atoms with van der Waals surface area (Å²) in [6, 6.07) is 4.33. The Hall–Kier alpha value is -0.340. The number of thiophene rings is 1. The molecule has 2 N–H and O–H groups in total. The Kier molecular flexibility index (Phi) is 2.91. The Labute approximate surface area is 96.7 Å². The van der Waals surface area contributed by atoms with Gasteiger partial charge in [0.2, 0.25) is 0 Å². The molecule has 1 aromatic rings. The predicted molar refractivity (Wildman–Crippen MR) is 67.2 cm³/mol. The van der Waals surface area contributed by atoms with Crippen LogP contribution in [0, 0.1) is 5.41 Å². The summed E-state index contributed by atoms with van der Waals surface area (Å²) in [5, 5.41) is 2.14. The average Bonchev–Trinajstić information content (AvgIpc) is 2.64. The summed E-state index contributed by atoms with van der Waals surface area (Å²) in [5.74, 6) is 0. The van der Waals surface area contributed by atoms with E-state index >= 15 is 0 Å². The Morgan fingerprint density at radius 1 is 1.27 bits per heavy atom. The van der Waals surface area contributed by atoms with E-state index in [9.17, 15) is 0 Å². The van der Waals surface area contributed by atoms with E-state index in [4.69, 9.17) is 5.73 Å². The minimum Gasteiger partial charge on any atom is -0.325 e. The van der Waals surface area contributed by atoms with Crippen LogP contribution in [0.5, 0.6) is 0 Å². The summed E-state index contributed by atoms with van der Waals surface area (Å²) in [7, 11) is 0. The van der Waals surface area contributed by atoms with Gasteiger partial charge in [0.25, 0.3) is 0 Å². The molecule has 1 heterocycles. The van der Waals surface area contributed by atoms with E-state index in [1.807, 2.05) is 11.3 Å². The summed E-state index contributed by atoms with van der Waals surface area (Å²) in [5.41, 5.74) is 7.06. The van der Waals surface area contributed by atoms with Gasteiger partial charge in [0.15, 0.2) is 0 Å². The van der Waals surface area contributed by atoms with Crippen LogP contribution in [-0.2, 0) is 6.42 Å². The molecule has 0 spiro atoms. The highest BCUT2D eigenvalue weighted by molar-refractivity contribution is 7.09. The fraction of sp³-hybridized carbons (Fsp3) is 0.692. The van der Waals surface area contributed by atoms with Crippen molar-refractivity contribution in [2.45, 2.75) is 51.5 Å². The van der Waals surface area contributed by atoms with Crippen molar-refractivity contribution in [3.05, 3.63) is 22.4 Å². The molecule has 1 fully saturated rings. The van der Waals surface area contributed by atoms with Gasteiger partial charge in [-0.25, -0.2) is 0 Å². The van der Waals surface area contributed by atoms with Gasteiger partial charge < -0.3 is 5.73 Å². The van der Waals surface area contributed by atoms with Crippen molar-refractivity contribution in [1.82, 2.24) is 0 Å². The molecular weight excluding hydrogens is 202 g/mol. The van der Waals surface area contributed by atoms with Gasteiger partial charge in [-0.05, 0) is 49.0 Å². The van der Waals surface area contributed by atoms with E-state index in [1.54, 1.807) is 0 Å². The maximum atomic E-state index is 6.48. The van der Waals surface area contributed by atoms with Gasteiger partial charge in [-0.15, -0.1) is 11.3 Å². The number of hydrogen-bond donors (Lipinski definition) is 1. The molecule has 0 amide bonds. The van der Waals surface area contributed by atoms with Gasteiger partial charge in [-0.2, -0.15) is 0 Å². The standard InChI is InChI=1S/C13H21NS/c1-12(2)5-7-13(14,8-6-12)10-11-4-3-9-15-11/h3-4,9H,5-8,10,14H2,1-2H3. The van der Waals surface area contributed by atoms with Crippen molar-refractivity contribution in [1.29, 1.82) is 0 Å². The molecular formula is C13H21NS. The van der Waals surface area contributed by atoms with Crippen LogP contribution in [0.15, 0.2) is 17.5 Å². The van der Waals surface area contributed by atoms with Crippen LogP contribution >= 0.6 is 11.3 Å². The van der Waals surface area contributed by atoms with Crippen molar-refractivity contribution in [3.8, 4) is 0 Å². The first-order valence-electron chi connectivity index (χ1n) is 5.81. The lowest BCUT2D eigenvalue weighted by molar-refractivity contribution is 0.165. The highest BCUT2D eigenvalue weighted by Gasteiger charge is 2.35. The van der Waals surface area contributed by atoms with E-state index in [0.717, 1.165) is 6.42 Å². The lowest BCUT2D eigenvalue weighted by Crippen LogP contribution is -2.46. The van der Waals surface area contributed by atoms with Crippen LogP contribution in [0.4, 0.5) is 0 Å². The van der Waals surface area contributed by atoms with Crippen molar-refractivity contribution < 1.29 is 0 Å². The molecule has 0 radical (unpaired) electrons. The third-order valence-electron chi connectivity index (χ3n) is 3.71. The van der Waals surface area contributed by atoms with E-state index in [0.29, 0.717) is 5.41 Å². The van der Waals surface area contributed by atoms with Crippen molar-refractivity contribution in [2.75, 3.05) is 0 Å². The molecule has 84 valence electrons. The van der Waals surface area contributed by atoms with Crippen LogP contribution in [0.3, 0.4) is 0 Å². The molecule has 0 atom stereocenters. The fourth-order valence-electron chi connectivity index (χ4n) is 2.36. The Morgan fingerprint density at radius 2 is 1.93 bits per heavy atom. The lowest BCUT2D eigenvalue weighted by atomic mass is 9.68. The molecule has 1 aromatic heterocycles. The third kappa shape index (κ3) is 2.82. The average molecular weight is 223 g/mol. The molecule has 1 nitrogen and oxygen atoms in total. The molecule has 2 rings (SSSR count). The highest BCUT2D eigenvalue weighted by atomic mass is 32.1. The highest BCUT2D eigenvalue weighted by Crippen LogP contribution is 2.40. The molecule has 2 heteroatoms. The second-order valence-electron chi connectivity index (χ2n) is 5.78. The monoisotopic (exact) mass is 223 g/mol. The topological polar surface area (TPSA) is 26.0 Å². The van der Waals surface area contributed by atoms with Crippen LogP contribution < -0.4 is 5.73 Å². The smallest absolute Gasteiger partial charge is 0.0203 e. The molecule has 0 unspecified atom stereocenters. The van der Waals surface area contributed by atoms with Crippen LogP contribution in [0.1, 0.15) is 44.4 Å². The van der Waals surface area contributed by atoms with E-state index < -0.39 is 0 Å². The molecule has 15 heavy (non-hydrogen) atoms. The summed E-state index contributed by atoms with van der Waals surface area (Å²) in [6.07, 6.45) is 5.97. The molecule has 0 aromatic carbocycles. The van der Waals surface area contributed by atoms with Crippen LogP contribution in [0.2, 0.25) is 0 Å². The minimum atomic E-state index is 0.0698. The summed E-state index contributed by atoms with van der Waals surface area (Å²) >= 11 is 1.84. The van der Waals surface area contributed by atoms with E-state index in [-0.39, 0.29) is 5.54 Å². The Bertz CT molecular complexity index is 303. The van der Waals surface area contributed by atoms with Crippen LogP contribution in [0.25, 0.3) is 0 Å². The summed E-state index contributed by atoms with van der Waals surface area (Å²) in [4.78, 5) is 1.44. The zero-order valence-electron chi connectivity index (χ0n) is 9.75. The molecule has 1 aliphatic rings. The quantitative estimate of drug-likeness (QED) is 0.814. The van der Waals surface area contributed by atoms with Gasteiger partial charge in [-0.1, -0.05) is 19.9 Å². The zero-order valence-corrected chi connectivity index (χ0v) is 10.6. The van der Waals surface area contributed by atoms with Gasteiger partial charge >= 0.3 is 0 Å². The first-order chi connectivity index (χ1) is 6.99. The van der Waals surface area contributed by atoms with Gasteiger partial charge in [-0.3, -0.25) is 0 Å². The molecule has 0 saturated heterocycles. The van der Waals surface area contributed by atoms with Crippen molar-refractivity contribution in [2.24, 2.45) is 11.1 Å². The number of hydrogen-bond acceptors (Lipinski definition) is 2. The SMILES string of the molecule is CC1(C)CCC(N)(Cc2cccs2)CC1. The second-order valence-corrected chi connectivity index (χ2v) is 6.81. The first-order valence-corrected chi connectivity index (χ1v) is 6.68. The van der Waals surface area contributed by atoms with E-state index in [1.165, 1.54) is 30.6 Å². The summed E-state index contributed by atoms with van der Waals surface area (Å²) < 4.78 is 0. The van der Waals surface area contributed by atoms with Crippen molar-refractivity contribution >= 4 is 11.3 Å². The normalized spacial score (nSPS) is 23.9. The maximum Gasteiger partial charge on any atom is 0.0203 e. The fourth-order valence-corrected chi connectivity index (χ4v) is 3.22. The minimum absolute atomic E-state index is 0.0698. The molecule has 1 saturated carbocycles. The predicted octanol–water partition coefficient (Wildman–Crippen LogP) is 3.59. The molecule has 1 aliphatic carbocycles. The lowest BCUT2D eigenvalue weighted by Gasteiger charge is -2.41. The molecule has 0 bridgehead atoms. The summed E-state index contributed by atoms with van der Waals surface area (Å²) in [6.45, 7) is 4.72. The van der Waals surface area contributed by atoms with Crippen LogP contribution in [-0.4, -0.2) is 5.54 Å². The Balaban J connectivity index is 1.98.